The summed E-state index contributed by atoms with van der Waals surface area (Å²) in [4.78, 5) is 20.4. The average Bonchev–Trinajstić information content (AvgIpc) is 3.28. The van der Waals surface area contributed by atoms with Gasteiger partial charge in [0.1, 0.15) is 13.7 Å². The van der Waals surface area contributed by atoms with Gasteiger partial charge >= 0.3 is 0 Å². The fourth-order valence-corrected chi connectivity index (χ4v) is 4.53. The molecule has 156 valence electrons. The lowest BCUT2D eigenvalue weighted by Gasteiger charge is -2.44. The van der Waals surface area contributed by atoms with E-state index < -0.39 is 5.54 Å². The van der Waals surface area contributed by atoms with Gasteiger partial charge in [0.2, 0.25) is 0 Å². The van der Waals surface area contributed by atoms with Crippen LogP contribution in [0.15, 0.2) is 91.4 Å². The maximum atomic E-state index is 14.2. The van der Waals surface area contributed by atoms with E-state index in [1.807, 2.05) is 64.1 Å². The van der Waals surface area contributed by atoms with Crippen LogP contribution >= 0.6 is 0 Å². The molecule has 3 aromatic carbocycles. The molecule has 1 unspecified atom stereocenters. The van der Waals surface area contributed by atoms with Gasteiger partial charge in [0, 0.05) is 19.2 Å². The fourth-order valence-electron chi connectivity index (χ4n) is 4.53. The third kappa shape index (κ3) is 3.52. The average molecular weight is 421 g/mol. The van der Waals surface area contributed by atoms with E-state index in [1.165, 1.54) is 12.1 Å². The van der Waals surface area contributed by atoms with Crippen molar-refractivity contribution in [2.45, 2.75) is 25.0 Å². The zero-order valence-corrected chi connectivity index (χ0v) is 17.5. The lowest BCUT2D eigenvalue weighted by atomic mass is 9.79. The first kappa shape index (κ1) is 20.2. The summed E-state index contributed by atoms with van der Waals surface area (Å²) >= 11 is 0. The third-order valence-corrected chi connectivity index (χ3v) is 6.10. The first-order valence-corrected chi connectivity index (χ1v) is 10.5. The molecule has 1 atom stereocenters. The Bertz CT molecular complexity index is 1240. The minimum absolute atomic E-state index is 0.0269. The number of halogens is 1. The van der Waals surface area contributed by atoms with Crippen molar-refractivity contribution in [3.8, 4) is 0 Å². The molecule has 4 aromatic rings. The number of aromatic nitrogens is 2. The summed E-state index contributed by atoms with van der Waals surface area (Å²) in [6, 6.07) is 23.7. The minimum Gasteiger partial charge on any atom is -0.330 e. The van der Waals surface area contributed by atoms with Crippen molar-refractivity contribution in [2.24, 2.45) is 0 Å². The van der Waals surface area contributed by atoms with Gasteiger partial charge in [-0.25, -0.2) is 9.37 Å². The summed E-state index contributed by atoms with van der Waals surface area (Å²) in [5.74, 6) is -0.321. The van der Waals surface area contributed by atoms with E-state index in [9.17, 15) is 9.18 Å². The second-order valence-corrected chi connectivity index (χ2v) is 8.19. The van der Waals surface area contributed by atoms with Crippen molar-refractivity contribution < 1.29 is 9.18 Å². The topological polar surface area (TPSA) is 38.1 Å². The number of hydrogen-bond donors (Lipinski definition) is 0. The summed E-state index contributed by atoms with van der Waals surface area (Å²) in [5, 5.41) is 0. The highest BCUT2D eigenvalue weighted by atomic mass is 19.1. The van der Waals surface area contributed by atoms with Crippen LogP contribution in [0.4, 0.5) is 4.39 Å². The number of rotatable bonds is 5. The Morgan fingerprint density at radius 3 is 2.38 bits per heavy atom. The number of carbonyl (C=O) groups excluding carboxylic acids is 1. The van der Waals surface area contributed by atoms with Crippen LogP contribution in [0.1, 0.15) is 22.4 Å². The van der Waals surface area contributed by atoms with E-state index in [-0.39, 0.29) is 11.7 Å². The number of nitrogens with zero attached hydrogens (tertiary/aromatic N) is 3. The third-order valence-electron chi connectivity index (χ3n) is 6.10. The predicted octanol–water partition coefficient (Wildman–Crippen LogP) is 3.34. The van der Waals surface area contributed by atoms with Gasteiger partial charge in [-0.2, -0.15) is 0 Å². The first-order valence-electron chi connectivity index (χ1n) is 10.5. The van der Waals surface area contributed by atoms with Crippen molar-refractivity contribution in [2.75, 3.05) is 0 Å². The molecule has 0 spiro atoms. The lowest BCUT2D eigenvalue weighted by molar-refractivity contribution is -0.142. The fraction of sp³-hybridized carbons (Fsp3) is 0.154. The van der Waals surface area contributed by atoms with Gasteiger partial charge in [-0.3, -0.25) is 4.79 Å². The molecule has 2 radical (unpaired) electrons. The molecule has 0 saturated heterocycles. The SMILES string of the molecule is [B]c1ccc(C2(Cc3ccccc3)C(=O)N(Cc3ccc(F)cc3)Cc3cncn32)cc1. The monoisotopic (exact) mass is 421 g/mol. The number of hydrogen-bond acceptors (Lipinski definition) is 2. The second kappa shape index (κ2) is 8.11. The normalized spacial score (nSPS) is 17.9. The van der Waals surface area contributed by atoms with Crippen molar-refractivity contribution in [3.05, 3.63) is 120 Å². The van der Waals surface area contributed by atoms with Gasteiger partial charge in [-0.15, -0.1) is 0 Å². The Hall–Kier alpha value is -3.67. The molecule has 0 N–H and O–H groups in total. The molecule has 0 fully saturated rings. The van der Waals surface area contributed by atoms with Gasteiger partial charge in [-0.05, 0) is 28.8 Å². The van der Waals surface area contributed by atoms with Crippen LogP contribution in [0.3, 0.4) is 0 Å². The summed E-state index contributed by atoms with van der Waals surface area (Å²) < 4.78 is 15.4. The second-order valence-electron chi connectivity index (χ2n) is 8.19. The number of imidazole rings is 1. The number of benzene rings is 3. The van der Waals surface area contributed by atoms with E-state index >= 15 is 0 Å². The lowest BCUT2D eigenvalue weighted by Crippen LogP contribution is -2.56. The van der Waals surface area contributed by atoms with E-state index in [0.717, 1.165) is 22.4 Å². The van der Waals surface area contributed by atoms with Crippen LogP contribution in [-0.4, -0.2) is 28.2 Å². The summed E-state index contributed by atoms with van der Waals surface area (Å²) in [6.45, 7) is 0.817. The highest BCUT2D eigenvalue weighted by Gasteiger charge is 2.48. The van der Waals surface area contributed by atoms with Crippen LogP contribution < -0.4 is 5.46 Å². The van der Waals surface area contributed by atoms with E-state index in [4.69, 9.17) is 7.85 Å². The van der Waals surface area contributed by atoms with Gasteiger partial charge in [-0.1, -0.05) is 72.2 Å². The van der Waals surface area contributed by atoms with Crippen LogP contribution in [0.2, 0.25) is 0 Å². The number of carbonyl (C=O) groups is 1. The molecular formula is C26H21BFN3O. The highest BCUT2D eigenvalue weighted by molar-refractivity contribution is 6.32. The molecule has 0 aliphatic carbocycles. The maximum Gasteiger partial charge on any atom is 0.254 e. The molecule has 1 amide bonds. The Morgan fingerprint density at radius 2 is 1.66 bits per heavy atom. The molecule has 0 bridgehead atoms. The van der Waals surface area contributed by atoms with Gasteiger partial charge < -0.3 is 9.47 Å². The zero-order chi connectivity index (χ0) is 22.1. The van der Waals surface area contributed by atoms with Crippen LogP contribution in [0, 0.1) is 5.82 Å². The van der Waals surface area contributed by atoms with Gasteiger partial charge in [0.25, 0.3) is 5.91 Å². The van der Waals surface area contributed by atoms with E-state index in [1.54, 1.807) is 24.7 Å². The molecule has 32 heavy (non-hydrogen) atoms. The van der Waals surface area contributed by atoms with Crippen molar-refractivity contribution in [3.63, 3.8) is 0 Å². The van der Waals surface area contributed by atoms with E-state index in [0.29, 0.717) is 25.0 Å². The molecule has 2 heterocycles. The molecule has 4 nitrogen and oxygen atoms in total. The summed E-state index contributed by atoms with van der Waals surface area (Å²) in [6.07, 6.45) is 4.02. The van der Waals surface area contributed by atoms with Crippen molar-refractivity contribution in [1.29, 1.82) is 0 Å². The largest absolute Gasteiger partial charge is 0.330 e. The van der Waals surface area contributed by atoms with Crippen LogP contribution in [-0.2, 0) is 29.8 Å². The summed E-state index contributed by atoms with van der Waals surface area (Å²) in [7, 11) is 5.96. The smallest absolute Gasteiger partial charge is 0.254 e. The molecule has 6 heteroatoms. The minimum atomic E-state index is -1.00. The Morgan fingerprint density at radius 1 is 0.938 bits per heavy atom. The van der Waals surface area contributed by atoms with Crippen molar-refractivity contribution >= 4 is 19.2 Å². The standard InChI is InChI=1S/C26H21BFN3O/c27-22-10-8-21(9-11-22)26(14-19-4-2-1-3-5-19)25(32)30(17-24-15-29-18-31(24)26)16-20-6-12-23(28)13-7-20/h1-13,15,18H,14,16-17H2. The molecule has 1 aliphatic heterocycles. The maximum absolute atomic E-state index is 14.2. The summed E-state index contributed by atoms with van der Waals surface area (Å²) in [5.41, 5.74) is 3.35. The van der Waals surface area contributed by atoms with Gasteiger partial charge in [0.05, 0.1) is 18.6 Å². The molecule has 5 rings (SSSR count). The molecule has 0 saturated carbocycles. The predicted molar refractivity (Wildman–Crippen MR) is 122 cm³/mol. The molecular weight excluding hydrogens is 400 g/mol. The van der Waals surface area contributed by atoms with Crippen molar-refractivity contribution in [1.82, 2.24) is 14.5 Å². The Kier molecular flexibility index (Phi) is 5.13. The van der Waals surface area contributed by atoms with Crippen LogP contribution in [0.25, 0.3) is 0 Å². The quantitative estimate of drug-likeness (QED) is 0.464. The van der Waals surface area contributed by atoms with E-state index in [2.05, 4.69) is 4.98 Å². The first-order chi connectivity index (χ1) is 15.6. The van der Waals surface area contributed by atoms with Gasteiger partial charge in [0.15, 0.2) is 5.54 Å². The molecule has 1 aromatic heterocycles. The number of fused-ring (bicyclic) bond motifs is 1. The van der Waals surface area contributed by atoms with Crippen LogP contribution in [0.5, 0.6) is 0 Å². The highest BCUT2D eigenvalue weighted by Crippen LogP contribution is 2.38. The Labute approximate surface area is 187 Å². The number of amides is 1. The molecule has 1 aliphatic rings. The Balaban J connectivity index is 1.65. The zero-order valence-electron chi connectivity index (χ0n) is 17.5.